The Balaban J connectivity index is 2.66. The van der Waals surface area contributed by atoms with Crippen LogP contribution in [0.4, 0.5) is 0 Å². The van der Waals surface area contributed by atoms with E-state index in [1.165, 1.54) is 0 Å². The van der Waals surface area contributed by atoms with Crippen LogP contribution in [0.15, 0.2) is 24.3 Å². The van der Waals surface area contributed by atoms with Crippen LogP contribution in [-0.2, 0) is 0 Å². The highest BCUT2D eigenvalue weighted by Crippen LogP contribution is 2.13. The van der Waals surface area contributed by atoms with Crippen molar-refractivity contribution in [2.24, 2.45) is 0 Å². The molecule has 0 aliphatic carbocycles. The van der Waals surface area contributed by atoms with Crippen LogP contribution in [-0.4, -0.2) is 17.8 Å². The SMILES string of the molecule is CC(N[C@H](C)CO)c1ccc(C#N)cc1. The summed E-state index contributed by atoms with van der Waals surface area (Å²) in [5.41, 5.74) is 1.79. The lowest BCUT2D eigenvalue weighted by Gasteiger charge is -2.18. The second-order valence-electron chi connectivity index (χ2n) is 3.71. The van der Waals surface area contributed by atoms with Crippen LogP contribution >= 0.6 is 0 Å². The average Bonchev–Trinajstić information content (AvgIpc) is 2.29. The predicted molar refractivity (Wildman–Crippen MR) is 59.3 cm³/mol. The molecule has 1 aromatic rings. The predicted octanol–water partition coefficient (Wildman–Crippen LogP) is 1.59. The van der Waals surface area contributed by atoms with Crippen molar-refractivity contribution in [2.75, 3.05) is 6.61 Å². The molecule has 1 aromatic carbocycles. The second-order valence-corrected chi connectivity index (χ2v) is 3.71. The summed E-state index contributed by atoms with van der Waals surface area (Å²) in [6.45, 7) is 4.09. The summed E-state index contributed by atoms with van der Waals surface area (Å²) in [4.78, 5) is 0. The van der Waals surface area contributed by atoms with E-state index in [1.807, 2.05) is 26.0 Å². The maximum Gasteiger partial charge on any atom is 0.0991 e. The number of nitrogens with zero attached hydrogens (tertiary/aromatic N) is 1. The van der Waals surface area contributed by atoms with Crippen molar-refractivity contribution in [3.63, 3.8) is 0 Å². The summed E-state index contributed by atoms with van der Waals surface area (Å²) >= 11 is 0. The number of aliphatic hydroxyl groups is 1. The van der Waals surface area contributed by atoms with Gasteiger partial charge in [0.05, 0.1) is 18.2 Å². The van der Waals surface area contributed by atoms with E-state index >= 15 is 0 Å². The maximum atomic E-state index is 8.91. The summed E-state index contributed by atoms with van der Waals surface area (Å²) in [5.74, 6) is 0. The van der Waals surface area contributed by atoms with Gasteiger partial charge in [0.15, 0.2) is 0 Å². The van der Waals surface area contributed by atoms with Gasteiger partial charge >= 0.3 is 0 Å². The van der Waals surface area contributed by atoms with E-state index in [-0.39, 0.29) is 18.7 Å². The first kappa shape index (κ1) is 11.7. The molecule has 1 unspecified atom stereocenters. The minimum atomic E-state index is 0.0793. The van der Waals surface area contributed by atoms with Gasteiger partial charge in [-0.3, -0.25) is 0 Å². The third-order valence-electron chi connectivity index (χ3n) is 2.35. The van der Waals surface area contributed by atoms with Gasteiger partial charge in [-0.1, -0.05) is 12.1 Å². The molecule has 2 N–H and O–H groups in total. The number of benzene rings is 1. The van der Waals surface area contributed by atoms with Crippen molar-refractivity contribution in [3.8, 4) is 6.07 Å². The normalized spacial score (nSPS) is 14.3. The van der Waals surface area contributed by atoms with Gasteiger partial charge in [0.1, 0.15) is 0 Å². The van der Waals surface area contributed by atoms with Gasteiger partial charge in [0.25, 0.3) is 0 Å². The average molecular weight is 204 g/mol. The Labute approximate surface area is 90.4 Å². The van der Waals surface area contributed by atoms with E-state index in [2.05, 4.69) is 11.4 Å². The summed E-state index contributed by atoms with van der Waals surface area (Å²) in [6, 6.07) is 9.81. The molecule has 3 nitrogen and oxygen atoms in total. The lowest BCUT2D eigenvalue weighted by Crippen LogP contribution is -2.31. The Morgan fingerprint density at radius 1 is 1.33 bits per heavy atom. The van der Waals surface area contributed by atoms with Gasteiger partial charge in [-0.05, 0) is 31.5 Å². The zero-order valence-electron chi connectivity index (χ0n) is 9.07. The molecule has 0 spiro atoms. The summed E-state index contributed by atoms with van der Waals surface area (Å²) in [7, 11) is 0. The molecule has 0 amide bonds. The number of hydrogen-bond acceptors (Lipinski definition) is 3. The van der Waals surface area contributed by atoms with Crippen LogP contribution in [0.3, 0.4) is 0 Å². The monoisotopic (exact) mass is 204 g/mol. The molecule has 0 saturated carbocycles. The first-order valence-electron chi connectivity index (χ1n) is 5.04. The fourth-order valence-electron chi connectivity index (χ4n) is 1.42. The summed E-state index contributed by atoms with van der Waals surface area (Å²) in [5, 5.41) is 20.8. The van der Waals surface area contributed by atoms with Crippen molar-refractivity contribution in [2.45, 2.75) is 25.9 Å². The molecule has 0 saturated heterocycles. The molecule has 2 atom stereocenters. The Morgan fingerprint density at radius 2 is 1.93 bits per heavy atom. The Kier molecular flexibility index (Phi) is 4.29. The molecule has 0 aromatic heterocycles. The van der Waals surface area contributed by atoms with E-state index < -0.39 is 0 Å². The number of nitriles is 1. The number of hydrogen-bond donors (Lipinski definition) is 2. The molecular formula is C12H16N2O. The van der Waals surface area contributed by atoms with Gasteiger partial charge in [0, 0.05) is 12.1 Å². The van der Waals surface area contributed by atoms with Gasteiger partial charge in [-0.15, -0.1) is 0 Å². The van der Waals surface area contributed by atoms with Crippen molar-refractivity contribution in [1.82, 2.24) is 5.32 Å². The largest absolute Gasteiger partial charge is 0.395 e. The lowest BCUT2D eigenvalue weighted by molar-refractivity contribution is 0.243. The van der Waals surface area contributed by atoms with Crippen molar-refractivity contribution in [3.05, 3.63) is 35.4 Å². The van der Waals surface area contributed by atoms with E-state index in [4.69, 9.17) is 10.4 Å². The topological polar surface area (TPSA) is 56.0 Å². The van der Waals surface area contributed by atoms with Crippen LogP contribution in [0.1, 0.15) is 31.0 Å². The van der Waals surface area contributed by atoms with E-state index in [0.29, 0.717) is 5.56 Å². The van der Waals surface area contributed by atoms with Gasteiger partial charge in [-0.2, -0.15) is 5.26 Å². The fourth-order valence-corrected chi connectivity index (χ4v) is 1.42. The van der Waals surface area contributed by atoms with Crippen molar-refractivity contribution in [1.29, 1.82) is 5.26 Å². The molecule has 0 aliphatic rings. The van der Waals surface area contributed by atoms with Crippen molar-refractivity contribution < 1.29 is 5.11 Å². The van der Waals surface area contributed by atoms with Crippen LogP contribution in [0.5, 0.6) is 0 Å². The van der Waals surface area contributed by atoms with Crippen LogP contribution in [0.25, 0.3) is 0 Å². The molecule has 3 heteroatoms. The molecule has 80 valence electrons. The molecule has 0 heterocycles. The molecule has 15 heavy (non-hydrogen) atoms. The highest BCUT2D eigenvalue weighted by atomic mass is 16.3. The zero-order chi connectivity index (χ0) is 11.3. The molecule has 0 bridgehead atoms. The molecular weight excluding hydrogens is 188 g/mol. The second kappa shape index (κ2) is 5.50. The minimum absolute atomic E-state index is 0.0793. The highest BCUT2D eigenvalue weighted by Gasteiger charge is 2.08. The maximum absolute atomic E-state index is 8.91. The lowest BCUT2D eigenvalue weighted by atomic mass is 10.1. The zero-order valence-corrected chi connectivity index (χ0v) is 9.07. The Hall–Kier alpha value is -1.37. The third kappa shape index (κ3) is 3.35. The fraction of sp³-hybridized carbons (Fsp3) is 0.417. The Bertz CT molecular complexity index is 340. The van der Waals surface area contributed by atoms with E-state index in [1.54, 1.807) is 12.1 Å². The smallest absolute Gasteiger partial charge is 0.0991 e. The van der Waals surface area contributed by atoms with E-state index in [0.717, 1.165) is 5.56 Å². The van der Waals surface area contributed by atoms with Gasteiger partial charge in [-0.25, -0.2) is 0 Å². The van der Waals surface area contributed by atoms with E-state index in [9.17, 15) is 0 Å². The van der Waals surface area contributed by atoms with Crippen LogP contribution < -0.4 is 5.32 Å². The van der Waals surface area contributed by atoms with Crippen LogP contribution in [0, 0.1) is 11.3 Å². The molecule has 0 fully saturated rings. The Morgan fingerprint density at radius 3 is 2.40 bits per heavy atom. The number of rotatable bonds is 4. The summed E-state index contributed by atoms with van der Waals surface area (Å²) in [6.07, 6.45) is 0. The van der Waals surface area contributed by atoms with Gasteiger partial charge in [0.2, 0.25) is 0 Å². The highest BCUT2D eigenvalue weighted by molar-refractivity contribution is 5.32. The van der Waals surface area contributed by atoms with Gasteiger partial charge < -0.3 is 10.4 Å². The standard InChI is InChI=1S/C12H16N2O/c1-9(8-15)14-10(2)12-5-3-11(7-13)4-6-12/h3-6,9-10,14-15H,8H2,1-2H3/t9-,10?/m1/s1. The molecule has 0 radical (unpaired) electrons. The minimum Gasteiger partial charge on any atom is -0.395 e. The summed E-state index contributed by atoms with van der Waals surface area (Å²) < 4.78 is 0. The van der Waals surface area contributed by atoms with Crippen molar-refractivity contribution >= 4 is 0 Å². The third-order valence-corrected chi connectivity index (χ3v) is 2.35. The molecule has 0 aliphatic heterocycles. The first-order chi connectivity index (χ1) is 7.17. The first-order valence-corrected chi connectivity index (χ1v) is 5.04. The molecule has 1 rings (SSSR count). The number of nitrogens with one attached hydrogen (secondary N) is 1. The van der Waals surface area contributed by atoms with Crippen LogP contribution in [0.2, 0.25) is 0 Å². The number of aliphatic hydroxyl groups excluding tert-OH is 1. The quantitative estimate of drug-likeness (QED) is 0.783.